The number of carbonyl (C=O) groups is 1. The van der Waals surface area contributed by atoms with Crippen molar-refractivity contribution in [2.45, 2.75) is 6.54 Å². The van der Waals surface area contributed by atoms with Crippen LogP contribution < -0.4 is 0 Å². The lowest BCUT2D eigenvalue weighted by molar-refractivity contribution is -0.380. The number of rotatable bonds is 4. The molecule has 1 aliphatic rings. The number of amides is 1. The first-order chi connectivity index (χ1) is 9.10. The van der Waals surface area contributed by atoms with Crippen LogP contribution in [0.4, 0.5) is 5.00 Å². The summed E-state index contributed by atoms with van der Waals surface area (Å²) in [7, 11) is 0. The van der Waals surface area contributed by atoms with E-state index < -0.39 is 6.61 Å². The molecule has 0 unspecified atom stereocenters. The molecule has 1 N–H and O–H groups in total. The maximum absolute atomic E-state index is 11.3. The van der Waals surface area contributed by atoms with Crippen molar-refractivity contribution in [1.82, 2.24) is 9.80 Å². The minimum absolute atomic E-state index is 0.157. The van der Waals surface area contributed by atoms with Gasteiger partial charge in [-0.3, -0.25) is 19.8 Å². The zero-order chi connectivity index (χ0) is 13.8. The van der Waals surface area contributed by atoms with Crippen molar-refractivity contribution in [2.24, 2.45) is 0 Å². The van der Waals surface area contributed by atoms with Crippen molar-refractivity contribution in [1.29, 1.82) is 0 Å². The van der Waals surface area contributed by atoms with E-state index in [-0.39, 0.29) is 15.8 Å². The molecule has 0 saturated carbocycles. The summed E-state index contributed by atoms with van der Waals surface area (Å²) in [4.78, 5) is 25.3. The third-order valence-corrected chi connectivity index (χ3v) is 4.02. The summed E-state index contributed by atoms with van der Waals surface area (Å²) in [6, 6.07) is 1.59. The van der Waals surface area contributed by atoms with Gasteiger partial charge in [0.1, 0.15) is 6.61 Å². The molecule has 8 heteroatoms. The molecule has 2 rings (SSSR count). The van der Waals surface area contributed by atoms with E-state index in [1.165, 1.54) is 0 Å². The third-order valence-electron chi connectivity index (χ3n) is 3.09. The first kappa shape index (κ1) is 13.9. The Bertz CT molecular complexity index is 468. The van der Waals surface area contributed by atoms with Gasteiger partial charge >= 0.3 is 5.00 Å². The van der Waals surface area contributed by atoms with E-state index in [1.54, 1.807) is 16.3 Å². The van der Waals surface area contributed by atoms with Gasteiger partial charge in [-0.25, -0.2) is 0 Å². The molecule has 1 amide bonds. The summed E-state index contributed by atoms with van der Waals surface area (Å²) in [5, 5.41) is 21.3. The Labute approximate surface area is 114 Å². The fraction of sp³-hybridized carbons (Fsp3) is 0.545. The van der Waals surface area contributed by atoms with Gasteiger partial charge in [-0.1, -0.05) is 11.3 Å². The normalized spacial score (nSPS) is 16.6. The zero-order valence-electron chi connectivity index (χ0n) is 10.3. The first-order valence-electron chi connectivity index (χ1n) is 5.93. The Morgan fingerprint density at radius 3 is 2.63 bits per heavy atom. The van der Waals surface area contributed by atoms with Gasteiger partial charge < -0.3 is 10.0 Å². The standard InChI is InChI=1S/C11H15N3O4S/c15-7-10(16)13-3-1-12(2-4-13)6-9-5-11(14(17)18)19-8-9/h5,8,15H,1-4,6-7H2. The summed E-state index contributed by atoms with van der Waals surface area (Å²) < 4.78 is 0. The molecule has 0 aliphatic carbocycles. The van der Waals surface area contributed by atoms with Crippen LogP contribution in [-0.2, 0) is 11.3 Å². The number of nitrogens with zero attached hydrogens (tertiary/aromatic N) is 3. The molecule has 1 saturated heterocycles. The molecule has 0 spiro atoms. The molecular formula is C11H15N3O4S. The predicted molar refractivity (Wildman–Crippen MR) is 69.9 cm³/mol. The topological polar surface area (TPSA) is 86.9 Å². The molecule has 0 aromatic carbocycles. The van der Waals surface area contributed by atoms with E-state index in [0.717, 1.165) is 30.0 Å². The smallest absolute Gasteiger partial charge is 0.324 e. The van der Waals surface area contributed by atoms with Crippen LogP contribution in [0.1, 0.15) is 5.56 Å². The van der Waals surface area contributed by atoms with Gasteiger partial charge in [0.25, 0.3) is 0 Å². The average Bonchev–Trinajstić information content (AvgIpc) is 2.87. The van der Waals surface area contributed by atoms with Crippen molar-refractivity contribution in [3.05, 3.63) is 27.1 Å². The predicted octanol–water partition coefficient (Wildman–Crippen LogP) is 0.293. The van der Waals surface area contributed by atoms with E-state index in [4.69, 9.17) is 5.11 Å². The van der Waals surface area contributed by atoms with E-state index in [1.807, 2.05) is 0 Å². The Morgan fingerprint density at radius 1 is 1.42 bits per heavy atom. The number of hydrogen-bond acceptors (Lipinski definition) is 6. The van der Waals surface area contributed by atoms with Gasteiger partial charge in [0.2, 0.25) is 5.91 Å². The Morgan fingerprint density at radius 2 is 2.11 bits per heavy atom. The number of hydrogen-bond donors (Lipinski definition) is 1. The highest BCUT2D eigenvalue weighted by Gasteiger charge is 2.21. The van der Waals surface area contributed by atoms with Gasteiger partial charge in [0, 0.05) is 44.2 Å². The van der Waals surface area contributed by atoms with Gasteiger partial charge in [-0.15, -0.1) is 0 Å². The van der Waals surface area contributed by atoms with E-state index in [2.05, 4.69) is 4.90 Å². The van der Waals surface area contributed by atoms with Crippen molar-refractivity contribution in [2.75, 3.05) is 32.8 Å². The molecule has 0 bridgehead atoms. The lowest BCUT2D eigenvalue weighted by Gasteiger charge is -2.34. The molecule has 1 aliphatic heterocycles. The van der Waals surface area contributed by atoms with Gasteiger partial charge in [0.05, 0.1) is 4.92 Å². The molecule has 1 aromatic heterocycles. The number of nitro groups is 1. The van der Waals surface area contributed by atoms with Crippen LogP contribution in [0.5, 0.6) is 0 Å². The molecule has 7 nitrogen and oxygen atoms in total. The number of piperazine rings is 1. The van der Waals surface area contributed by atoms with Gasteiger partial charge in [0.15, 0.2) is 0 Å². The fourth-order valence-electron chi connectivity index (χ4n) is 2.05. The van der Waals surface area contributed by atoms with Crippen molar-refractivity contribution in [3.8, 4) is 0 Å². The highest BCUT2D eigenvalue weighted by Crippen LogP contribution is 2.23. The molecule has 1 fully saturated rings. The summed E-state index contributed by atoms with van der Waals surface area (Å²) in [5.41, 5.74) is 0.929. The minimum Gasteiger partial charge on any atom is -0.387 e. The van der Waals surface area contributed by atoms with E-state index in [9.17, 15) is 14.9 Å². The zero-order valence-corrected chi connectivity index (χ0v) is 11.1. The summed E-state index contributed by atoms with van der Waals surface area (Å²) in [6.45, 7) is 2.82. The molecule has 0 atom stereocenters. The van der Waals surface area contributed by atoms with Crippen LogP contribution in [0.3, 0.4) is 0 Å². The van der Waals surface area contributed by atoms with Crippen molar-refractivity contribution >= 4 is 22.2 Å². The lowest BCUT2D eigenvalue weighted by atomic mass is 10.2. The Balaban J connectivity index is 1.85. The van der Waals surface area contributed by atoms with Crippen LogP contribution in [0.15, 0.2) is 11.4 Å². The number of aliphatic hydroxyl groups excluding tert-OH is 1. The van der Waals surface area contributed by atoms with E-state index in [0.29, 0.717) is 19.6 Å². The molecule has 104 valence electrons. The minimum atomic E-state index is -0.448. The SMILES string of the molecule is O=C(CO)N1CCN(Cc2csc([N+](=O)[O-])c2)CC1. The monoisotopic (exact) mass is 285 g/mol. The number of aliphatic hydroxyl groups is 1. The van der Waals surface area contributed by atoms with Crippen LogP contribution >= 0.6 is 11.3 Å². The van der Waals surface area contributed by atoms with E-state index >= 15 is 0 Å². The van der Waals surface area contributed by atoms with Crippen molar-refractivity contribution in [3.63, 3.8) is 0 Å². The van der Waals surface area contributed by atoms with Crippen LogP contribution in [0.25, 0.3) is 0 Å². The Hall–Kier alpha value is -1.51. The number of thiophene rings is 1. The van der Waals surface area contributed by atoms with Crippen molar-refractivity contribution < 1.29 is 14.8 Å². The lowest BCUT2D eigenvalue weighted by Crippen LogP contribution is -2.49. The van der Waals surface area contributed by atoms with Crippen LogP contribution in [0.2, 0.25) is 0 Å². The van der Waals surface area contributed by atoms with Crippen LogP contribution in [0, 0.1) is 10.1 Å². The summed E-state index contributed by atoms with van der Waals surface area (Å²) in [5.74, 6) is -0.245. The third kappa shape index (κ3) is 3.49. The van der Waals surface area contributed by atoms with Crippen LogP contribution in [-0.4, -0.2) is 58.5 Å². The molecule has 1 aromatic rings. The summed E-state index contributed by atoms with van der Waals surface area (Å²) >= 11 is 1.13. The maximum Gasteiger partial charge on any atom is 0.324 e. The first-order valence-corrected chi connectivity index (χ1v) is 6.81. The fourth-order valence-corrected chi connectivity index (χ4v) is 2.78. The van der Waals surface area contributed by atoms with Gasteiger partial charge in [-0.2, -0.15) is 0 Å². The highest BCUT2D eigenvalue weighted by molar-refractivity contribution is 7.13. The Kier molecular flexibility index (Phi) is 4.46. The second-order valence-electron chi connectivity index (χ2n) is 4.37. The second kappa shape index (κ2) is 6.09. The highest BCUT2D eigenvalue weighted by atomic mass is 32.1. The summed E-state index contributed by atoms with van der Waals surface area (Å²) in [6.07, 6.45) is 0. The largest absolute Gasteiger partial charge is 0.387 e. The van der Waals surface area contributed by atoms with Gasteiger partial charge in [-0.05, 0) is 5.56 Å². The number of carbonyl (C=O) groups excluding carboxylic acids is 1. The maximum atomic E-state index is 11.3. The molecule has 2 heterocycles. The molecular weight excluding hydrogens is 270 g/mol. The average molecular weight is 285 g/mol. The molecule has 19 heavy (non-hydrogen) atoms. The molecule has 0 radical (unpaired) electrons. The second-order valence-corrected chi connectivity index (χ2v) is 5.26. The quantitative estimate of drug-likeness (QED) is 0.635.